The molecule has 0 radical (unpaired) electrons. The molecule has 5 rings (SSSR count). The first-order valence-corrected chi connectivity index (χ1v) is 9.27. The zero-order valence-corrected chi connectivity index (χ0v) is 15.1. The maximum Gasteiger partial charge on any atom is 0.270 e. The van der Waals surface area contributed by atoms with Crippen molar-refractivity contribution in [2.75, 3.05) is 5.32 Å². The fraction of sp³-hybridized carbons (Fsp3) is 0. The number of fused-ring (bicyclic) bond motifs is 3. The maximum atomic E-state index is 12.7. The summed E-state index contributed by atoms with van der Waals surface area (Å²) in [6.45, 7) is 0. The van der Waals surface area contributed by atoms with Gasteiger partial charge in [0.15, 0.2) is 10.6 Å². The number of pyridine rings is 1. The summed E-state index contributed by atoms with van der Waals surface area (Å²) in [6, 6.07) is 17.5. The molecule has 0 bridgehead atoms. The van der Waals surface area contributed by atoms with Gasteiger partial charge in [-0.1, -0.05) is 23.5 Å². The van der Waals surface area contributed by atoms with E-state index < -0.39 is 4.92 Å². The number of nitrogens with zero attached hydrogens (tertiary/aromatic N) is 2. The van der Waals surface area contributed by atoms with Crippen LogP contribution in [-0.4, -0.2) is 14.9 Å². The number of thiazole rings is 1. The molecule has 0 aliphatic rings. The Morgan fingerprint density at radius 1 is 1.00 bits per heavy atom. The highest BCUT2D eigenvalue weighted by molar-refractivity contribution is 7.22. The fourth-order valence-electron chi connectivity index (χ4n) is 3.21. The first kappa shape index (κ1) is 16.4. The largest absolute Gasteiger partial charge is 0.354 e. The molecule has 0 aliphatic carbocycles. The van der Waals surface area contributed by atoms with Gasteiger partial charge in [-0.05, 0) is 36.4 Å². The first-order chi connectivity index (χ1) is 13.6. The number of aromatic nitrogens is 2. The average Bonchev–Trinajstić information content (AvgIpc) is 3.09. The van der Waals surface area contributed by atoms with Crippen LogP contribution >= 0.6 is 11.3 Å². The summed E-state index contributed by atoms with van der Waals surface area (Å²) in [4.78, 5) is 30.9. The van der Waals surface area contributed by atoms with Gasteiger partial charge < -0.3 is 10.3 Å². The molecule has 0 atom stereocenters. The molecular weight excluding hydrogens is 376 g/mol. The van der Waals surface area contributed by atoms with E-state index in [1.54, 1.807) is 18.2 Å². The van der Waals surface area contributed by atoms with Crippen molar-refractivity contribution in [3.8, 4) is 0 Å². The number of hydrogen-bond donors (Lipinski definition) is 2. The maximum absolute atomic E-state index is 12.7. The van der Waals surface area contributed by atoms with E-state index in [2.05, 4.69) is 15.3 Å². The standard InChI is InChI=1S/C20H12N4O3S/c25-19-13-3-1-2-4-15(13)22-17-9-11(5-7-14(17)19)21-20-23-16-8-6-12(24(26)27)10-18(16)28-20/h1-10H,(H,21,23)(H,22,25). The van der Waals surface area contributed by atoms with E-state index in [0.29, 0.717) is 21.4 Å². The number of aromatic amines is 1. The molecule has 0 spiro atoms. The van der Waals surface area contributed by atoms with Gasteiger partial charge in [-0.3, -0.25) is 14.9 Å². The zero-order valence-electron chi connectivity index (χ0n) is 14.3. The van der Waals surface area contributed by atoms with Gasteiger partial charge in [-0.2, -0.15) is 0 Å². The van der Waals surface area contributed by atoms with E-state index in [4.69, 9.17) is 0 Å². The second kappa shape index (κ2) is 6.14. The summed E-state index contributed by atoms with van der Waals surface area (Å²) in [7, 11) is 0. The predicted octanol–water partition coefficient (Wildman–Crippen LogP) is 4.94. The zero-order chi connectivity index (χ0) is 19.3. The Morgan fingerprint density at radius 2 is 1.82 bits per heavy atom. The van der Waals surface area contributed by atoms with E-state index in [1.807, 2.05) is 30.3 Å². The van der Waals surface area contributed by atoms with E-state index in [1.165, 1.54) is 23.5 Å². The third kappa shape index (κ3) is 2.67. The van der Waals surface area contributed by atoms with Crippen LogP contribution in [0.4, 0.5) is 16.5 Å². The lowest BCUT2D eigenvalue weighted by molar-refractivity contribution is -0.384. The molecule has 0 saturated heterocycles. The Hall–Kier alpha value is -3.78. The molecule has 5 aromatic rings. The van der Waals surface area contributed by atoms with Gasteiger partial charge in [0, 0.05) is 34.1 Å². The Labute approximate surface area is 161 Å². The van der Waals surface area contributed by atoms with Crippen molar-refractivity contribution in [2.24, 2.45) is 0 Å². The van der Waals surface area contributed by atoms with Crippen molar-refractivity contribution in [1.82, 2.24) is 9.97 Å². The van der Waals surface area contributed by atoms with Crippen molar-refractivity contribution in [3.05, 3.63) is 81.0 Å². The molecule has 28 heavy (non-hydrogen) atoms. The van der Waals surface area contributed by atoms with Crippen LogP contribution in [0.2, 0.25) is 0 Å². The summed E-state index contributed by atoms with van der Waals surface area (Å²) in [5, 5.41) is 16.0. The molecule has 0 fully saturated rings. The van der Waals surface area contributed by atoms with E-state index in [9.17, 15) is 14.9 Å². The molecule has 7 nitrogen and oxygen atoms in total. The van der Waals surface area contributed by atoms with Crippen LogP contribution < -0.4 is 10.7 Å². The number of rotatable bonds is 3. The number of non-ortho nitro benzene ring substituents is 1. The van der Waals surface area contributed by atoms with Gasteiger partial charge in [0.25, 0.3) is 5.69 Å². The van der Waals surface area contributed by atoms with Crippen LogP contribution in [0, 0.1) is 10.1 Å². The van der Waals surface area contributed by atoms with Gasteiger partial charge in [-0.15, -0.1) is 0 Å². The third-order valence-electron chi connectivity index (χ3n) is 4.54. The minimum atomic E-state index is -0.420. The number of hydrogen-bond acceptors (Lipinski definition) is 6. The monoisotopic (exact) mass is 388 g/mol. The highest BCUT2D eigenvalue weighted by atomic mass is 32.1. The summed E-state index contributed by atoms with van der Waals surface area (Å²) >= 11 is 1.34. The lowest BCUT2D eigenvalue weighted by Crippen LogP contribution is -2.04. The van der Waals surface area contributed by atoms with E-state index in [-0.39, 0.29) is 11.1 Å². The Balaban J connectivity index is 1.56. The molecule has 0 amide bonds. The van der Waals surface area contributed by atoms with Crippen molar-refractivity contribution in [3.63, 3.8) is 0 Å². The minimum absolute atomic E-state index is 0.0109. The first-order valence-electron chi connectivity index (χ1n) is 8.45. The smallest absolute Gasteiger partial charge is 0.270 e. The third-order valence-corrected chi connectivity index (χ3v) is 5.47. The normalized spacial score (nSPS) is 11.3. The van der Waals surface area contributed by atoms with Crippen LogP contribution in [0.25, 0.3) is 32.0 Å². The molecular formula is C20H12N4O3S. The van der Waals surface area contributed by atoms with Crippen LogP contribution in [0.5, 0.6) is 0 Å². The van der Waals surface area contributed by atoms with Gasteiger partial charge in [0.2, 0.25) is 0 Å². The average molecular weight is 388 g/mol. The van der Waals surface area contributed by atoms with Gasteiger partial charge in [0.1, 0.15) is 0 Å². The van der Waals surface area contributed by atoms with Crippen molar-refractivity contribution in [1.29, 1.82) is 0 Å². The lowest BCUT2D eigenvalue weighted by atomic mass is 10.1. The molecule has 0 aliphatic heterocycles. The number of anilines is 2. The van der Waals surface area contributed by atoms with Crippen LogP contribution in [0.3, 0.4) is 0 Å². The van der Waals surface area contributed by atoms with Gasteiger partial charge in [0.05, 0.1) is 20.7 Å². The summed E-state index contributed by atoms with van der Waals surface area (Å²) in [6.07, 6.45) is 0. The lowest BCUT2D eigenvalue weighted by Gasteiger charge is -2.06. The number of benzene rings is 3. The molecule has 8 heteroatoms. The Kier molecular flexibility index (Phi) is 3.59. The van der Waals surface area contributed by atoms with E-state index in [0.717, 1.165) is 21.4 Å². The van der Waals surface area contributed by atoms with Crippen LogP contribution in [0.15, 0.2) is 65.5 Å². The molecule has 0 saturated carbocycles. The molecule has 2 aromatic heterocycles. The predicted molar refractivity (Wildman–Crippen MR) is 112 cm³/mol. The topological polar surface area (TPSA) is 101 Å². The van der Waals surface area contributed by atoms with Gasteiger partial charge in [-0.25, -0.2) is 4.98 Å². The Bertz CT molecular complexity index is 1450. The molecule has 0 unspecified atom stereocenters. The number of H-pyrrole nitrogens is 1. The quantitative estimate of drug-likeness (QED) is 0.259. The van der Waals surface area contributed by atoms with Crippen LogP contribution in [-0.2, 0) is 0 Å². The summed E-state index contributed by atoms with van der Waals surface area (Å²) in [5.74, 6) is 0. The fourth-order valence-corrected chi connectivity index (χ4v) is 4.13. The van der Waals surface area contributed by atoms with Crippen LogP contribution in [0.1, 0.15) is 0 Å². The number of nitro groups is 1. The van der Waals surface area contributed by atoms with E-state index >= 15 is 0 Å². The highest BCUT2D eigenvalue weighted by Crippen LogP contribution is 2.31. The molecule has 2 heterocycles. The SMILES string of the molecule is O=c1c2ccccc2[nH]c2cc(Nc3nc4ccc([N+](=O)[O-])cc4s3)ccc12. The summed E-state index contributed by atoms with van der Waals surface area (Å²) in [5.41, 5.74) is 3.00. The second-order valence-corrected chi connectivity index (χ2v) is 7.34. The second-order valence-electron chi connectivity index (χ2n) is 6.31. The number of nitrogens with one attached hydrogen (secondary N) is 2. The molecule has 3 aromatic carbocycles. The minimum Gasteiger partial charge on any atom is -0.354 e. The van der Waals surface area contributed by atoms with Crippen molar-refractivity contribution in [2.45, 2.75) is 0 Å². The molecule has 136 valence electrons. The number of para-hydroxylation sites is 1. The Morgan fingerprint density at radius 3 is 2.68 bits per heavy atom. The highest BCUT2D eigenvalue weighted by Gasteiger charge is 2.11. The van der Waals surface area contributed by atoms with Crippen molar-refractivity contribution >= 4 is 59.9 Å². The van der Waals surface area contributed by atoms with Gasteiger partial charge >= 0.3 is 0 Å². The molecule has 2 N–H and O–H groups in total. The van der Waals surface area contributed by atoms with Crippen molar-refractivity contribution < 1.29 is 4.92 Å². The summed E-state index contributed by atoms with van der Waals surface area (Å²) < 4.78 is 0.733. The number of nitro benzene ring substituents is 1.